The molecule has 0 bridgehead atoms. The number of amides is 1. The average Bonchev–Trinajstić information content (AvgIpc) is 3.17. The molecule has 9 heteroatoms. The molecule has 3 aliphatic rings. The van der Waals surface area contributed by atoms with E-state index in [0.717, 1.165) is 44.9 Å². The van der Waals surface area contributed by atoms with Crippen LogP contribution in [0.2, 0.25) is 0 Å². The first-order valence-electron chi connectivity index (χ1n) is 10.2. The van der Waals surface area contributed by atoms with Crippen LogP contribution in [0.25, 0.3) is 0 Å². The Morgan fingerprint density at radius 1 is 1.21 bits per heavy atom. The van der Waals surface area contributed by atoms with Crippen molar-refractivity contribution in [1.29, 1.82) is 0 Å². The molecule has 1 N–H and O–H groups in total. The van der Waals surface area contributed by atoms with Crippen LogP contribution in [0.1, 0.15) is 47.5 Å². The van der Waals surface area contributed by atoms with E-state index in [2.05, 4.69) is 32.6 Å². The summed E-state index contributed by atoms with van der Waals surface area (Å²) in [4.78, 5) is 31.5. The monoisotopic (exact) mass is 419 g/mol. The smallest absolute Gasteiger partial charge is 0.475 e. The van der Waals surface area contributed by atoms with Crippen molar-refractivity contribution in [2.75, 3.05) is 26.2 Å². The topological polar surface area (TPSA) is 73.2 Å². The van der Waals surface area contributed by atoms with Crippen molar-refractivity contribution in [2.24, 2.45) is 28.7 Å². The van der Waals surface area contributed by atoms with E-state index in [9.17, 15) is 18.0 Å². The molecule has 2 fully saturated rings. The van der Waals surface area contributed by atoms with Gasteiger partial charge in [0.25, 0.3) is 5.91 Å². The Balaban J connectivity index is 0.000000370. The van der Waals surface area contributed by atoms with Gasteiger partial charge < -0.3 is 10.0 Å². The molecule has 1 saturated carbocycles. The molecule has 0 aromatic carbocycles. The van der Waals surface area contributed by atoms with Gasteiger partial charge in [0, 0.05) is 32.1 Å². The zero-order valence-electron chi connectivity index (χ0n) is 17.8. The van der Waals surface area contributed by atoms with Crippen molar-refractivity contribution >= 4 is 17.7 Å². The van der Waals surface area contributed by atoms with Gasteiger partial charge in [-0.1, -0.05) is 27.7 Å². The van der Waals surface area contributed by atoms with Gasteiger partial charge in [0.05, 0.1) is 0 Å². The zero-order valence-corrected chi connectivity index (χ0v) is 17.8. The van der Waals surface area contributed by atoms with E-state index in [0.29, 0.717) is 23.7 Å². The standard InChI is InChI=1S/C18H31N3O.C2HF3O2/c1-12(2)8-20-10-15-6-7-18(16(15)11-20)17(22)21(9-13(3)4)14(5)19-18;3-2(4,5)1(6)7/h12-13,15-16H,6-11H2,1-5H3;(H,6,7)/t15-,16+,18-;/m1./s1. The summed E-state index contributed by atoms with van der Waals surface area (Å²) in [7, 11) is 0. The number of nitrogens with zero attached hydrogens (tertiary/aromatic N) is 3. The minimum Gasteiger partial charge on any atom is -0.475 e. The van der Waals surface area contributed by atoms with Gasteiger partial charge in [0.2, 0.25) is 0 Å². The second kappa shape index (κ2) is 8.62. The predicted octanol–water partition coefficient (Wildman–Crippen LogP) is 3.27. The molecule has 1 aliphatic carbocycles. The molecule has 3 atom stereocenters. The second-order valence-corrected chi connectivity index (χ2v) is 9.21. The van der Waals surface area contributed by atoms with Gasteiger partial charge in [-0.2, -0.15) is 13.2 Å². The Hall–Kier alpha value is -1.64. The van der Waals surface area contributed by atoms with Crippen LogP contribution in [0.15, 0.2) is 4.99 Å². The molecular weight excluding hydrogens is 387 g/mol. The Bertz CT molecular complexity index is 663. The maximum absolute atomic E-state index is 13.1. The molecule has 2 heterocycles. The minimum absolute atomic E-state index is 0.289. The number of carbonyl (C=O) groups excluding carboxylic acids is 1. The van der Waals surface area contributed by atoms with Gasteiger partial charge in [-0.05, 0) is 37.5 Å². The van der Waals surface area contributed by atoms with Crippen LogP contribution in [0, 0.1) is 23.7 Å². The highest BCUT2D eigenvalue weighted by molar-refractivity contribution is 6.07. The molecule has 166 valence electrons. The van der Waals surface area contributed by atoms with E-state index in [-0.39, 0.29) is 5.91 Å². The molecule has 29 heavy (non-hydrogen) atoms. The number of hydrogen-bond acceptors (Lipinski definition) is 4. The fraction of sp³-hybridized carbons (Fsp3) is 0.850. The van der Waals surface area contributed by atoms with Crippen LogP contribution >= 0.6 is 0 Å². The molecule has 1 spiro atoms. The van der Waals surface area contributed by atoms with E-state index in [1.165, 1.54) is 0 Å². The highest BCUT2D eigenvalue weighted by atomic mass is 19.4. The fourth-order valence-corrected chi connectivity index (χ4v) is 4.81. The molecule has 1 saturated heterocycles. The van der Waals surface area contributed by atoms with Crippen LogP contribution in [-0.2, 0) is 9.59 Å². The summed E-state index contributed by atoms with van der Waals surface area (Å²) in [6.07, 6.45) is -2.96. The van der Waals surface area contributed by atoms with Crippen LogP contribution in [0.3, 0.4) is 0 Å². The van der Waals surface area contributed by atoms with Gasteiger partial charge in [-0.15, -0.1) is 0 Å². The van der Waals surface area contributed by atoms with Gasteiger partial charge in [0.1, 0.15) is 11.4 Å². The maximum atomic E-state index is 13.1. The Morgan fingerprint density at radius 2 is 1.76 bits per heavy atom. The lowest BCUT2D eigenvalue weighted by molar-refractivity contribution is -0.192. The SMILES string of the molecule is CC1=N[C@@]2(CC[C@@H]3CN(CC(C)C)C[C@@H]32)C(=O)N1CC(C)C.O=C(O)C(F)(F)F. The molecule has 6 nitrogen and oxygen atoms in total. The highest BCUT2D eigenvalue weighted by Crippen LogP contribution is 2.50. The quantitative estimate of drug-likeness (QED) is 0.759. The first kappa shape index (κ1) is 23.6. The van der Waals surface area contributed by atoms with Crippen molar-refractivity contribution in [2.45, 2.75) is 59.2 Å². The van der Waals surface area contributed by atoms with E-state index in [1.54, 1.807) is 0 Å². The molecule has 3 rings (SSSR count). The second-order valence-electron chi connectivity index (χ2n) is 9.21. The van der Waals surface area contributed by atoms with Gasteiger partial charge in [0.15, 0.2) is 0 Å². The number of hydrogen-bond donors (Lipinski definition) is 1. The number of carboxylic acid groups (broad SMARTS) is 1. The molecule has 1 amide bonds. The third-order valence-electron chi connectivity index (χ3n) is 5.81. The molecule has 2 aliphatic heterocycles. The summed E-state index contributed by atoms with van der Waals surface area (Å²) in [5.41, 5.74) is -0.421. The maximum Gasteiger partial charge on any atom is 0.490 e. The normalized spacial score (nSPS) is 29.5. The third-order valence-corrected chi connectivity index (χ3v) is 5.81. The van der Waals surface area contributed by atoms with E-state index < -0.39 is 17.7 Å². The van der Waals surface area contributed by atoms with Crippen LogP contribution < -0.4 is 0 Å². The Morgan fingerprint density at radius 3 is 2.24 bits per heavy atom. The lowest BCUT2D eigenvalue weighted by Crippen LogP contribution is -2.47. The number of rotatable bonds is 4. The van der Waals surface area contributed by atoms with Crippen molar-refractivity contribution < 1.29 is 27.9 Å². The summed E-state index contributed by atoms with van der Waals surface area (Å²) in [6, 6.07) is 0. The molecule has 0 unspecified atom stereocenters. The number of carboxylic acids is 1. The van der Waals surface area contributed by atoms with Crippen LogP contribution in [-0.4, -0.2) is 70.5 Å². The molecule has 0 radical (unpaired) electrons. The highest BCUT2D eigenvalue weighted by Gasteiger charge is 2.60. The van der Waals surface area contributed by atoms with Crippen LogP contribution in [0.4, 0.5) is 13.2 Å². The summed E-state index contributed by atoms with van der Waals surface area (Å²) >= 11 is 0. The van der Waals surface area contributed by atoms with Crippen molar-refractivity contribution in [3.8, 4) is 0 Å². The number of amidine groups is 1. The lowest BCUT2D eigenvalue weighted by Gasteiger charge is -2.29. The fourth-order valence-electron chi connectivity index (χ4n) is 4.81. The number of aliphatic imine (C=N–C) groups is 1. The number of fused-ring (bicyclic) bond motifs is 2. The zero-order chi connectivity index (χ0) is 22.1. The van der Waals surface area contributed by atoms with Crippen LogP contribution in [0.5, 0.6) is 0 Å². The molecular formula is C20H32F3N3O3. The summed E-state index contributed by atoms with van der Waals surface area (Å²) in [6.45, 7) is 15.1. The Kier molecular flexibility index (Phi) is 7.02. The predicted molar refractivity (Wildman–Crippen MR) is 104 cm³/mol. The summed E-state index contributed by atoms with van der Waals surface area (Å²) < 4.78 is 31.7. The van der Waals surface area contributed by atoms with Crippen molar-refractivity contribution in [3.63, 3.8) is 0 Å². The number of halogens is 3. The van der Waals surface area contributed by atoms with Gasteiger partial charge in [-0.25, -0.2) is 4.79 Å². The van der Waals surface area contributed by atoms with Gasteiger partial charge >= 0.3 is 12.1 Å². The van der Waals surface area contributed by atoms with E-state index >= 15 is 0 Å². The molecule has 0 aromatic heterocycles. The van der Waals surface area contributed by atoms with Crippen molar-refractivity contribution in [3.05, 3.63) is 0 Å². The number of likely N-dealkylation sites (tertiary alicyclic amines) is 1. The summed E-state index contributed by atoms with van der Waals surface area (Å²) in [5, 5.41) is 7.12. The molecule has 0 aromatic rings. The van der Waals surface area contributed by atoms with Crippen molar-refractivity contribution in [1.82, 2.24) is 9.80 Å². The first-order chi connectivity index (χ1) is 13.3. The van der Waals surface area contributed by atoms with Gasteiger partial charge in [-0.3, -0.25) is 14.7 Å². The largest absolute Gasteiger partial charge is 0.490 e. The summed E-state index contributed by atoms with van der Waals surface area (Å²) in [5.74, 6) is 0.759. The minimum atomic E-state index is -5.08. The average molecular weight is 419 g/mol. The number of aliphatic carboxylic acids is 1. The first-order valence-corrected chi connectivity index (χ1v) is 10.2. The number of carbonyl (C=O) groups is 2. The van der Waals surface area contributed by atoms with E-state index in [4.69, 9.17) is 14.9 Å². The third kappa shape index (κ3) is 5.10. The van der Waals surface area contributed by atoms with E-state index in [1.807, 2.05) is 11.8 Å². The Labute approximate surface area is 170 Å². The number of alkyl halides is 3. The lowest BCUT2D eigenvalue weighted by atomic mass is 9.84.